The van der Waals surface area contributed by atoms with Crippen LogP contribution in [0.2, 0.25) is 0 Å². The van der Waals surface area contributed by atoms with Gasteiger partial charge in [0.05, 0.1) is 5.56 Å². The Morgan fingerprint density at radius 1 is 1.59 bits per heavy atom. The molecule has 1 aromatic rings. The van der Waals surface area contributed by atoms with E-state index in [9.17, 15) is 9.18 Å². The Hall–Kier alpha value is -1.89. The monoisotopic (exact) mass is 232 g/mol. The van der Waals surface area contributed by atoms with Gasteiger partial charge in [0, 0.05) is 25.1 Å². The number of benzene rings is 1. The third-order valence-electron chi connectivity index (χ3n) is 2.97. The smallest absolute Gasteiger partial charge is 0.223 e. The van der Waals surface area contributed by atoms with E-state index >= 15 is 0 Å². The molecule has 2 rings (SSSR count). The first-order valence-electron chi connectivity index (χ1n) is 5.57. The molecule has 3 nitrogen and oxygen atoms in total. The quantitative estimate of drug-likeness (QED) is 0.783. The molecular formula is C13H13FN2O. The van der Waals surface area contributed by atoms with Gasteiger partial charge in [-0.25, -0.2) is 4.39 Å². The Morgan fingerprint density at radius 3 is 2.94 bits per heavy atom. The van der Waals surface area contributed by atoms with Gasteiger partial charge >= 0.3 is 0 Å². The van der Waals surface area contributed by atoms with Gasteiger partial charge in [0.15, 0.2) is 0 Å². The molecule has 4 heteroatoms. The molecule has 1 aliphatic heterocycles. The minimum Gasteiger partial charge on any atom is -0.338 e. The third kappa shape index (κ3) is 2.28. The molecule has 1 atom stereocenters. The van der Waals surface area contributed by atoms with Crippen LogP contribution in [-0.2, 0) is 11.3 Å². The Kier molecular flexibility index (Phi) is 3.10. The summed E-state index contributed by atoms with van der Waals surface area (Å²) in [5, 5.41) is 8.73. The molecule has 0 bridgehead atoms. The zero-order chi connectivity index (χ0) is 12.4. The van der Waals surface area contributed by atoms with Crippen LogP contribution in [0.25, 0.3) is 0 Å². The Labute approximate surface area is 99.5 Å². The lowest BCUT2D eigenvalue weighted by molar-refractivity contribution is -0.128. The predicted octanol–water partition coefficient (Wildman–Crippen LogP) is 2.07. The molecule has 0 radical (unpaired) electrons. The second-order valence-electron chi connectivity index (χ2n) is 4.47. The lowest BCUT2D eigenvalue weighted by Gasteiger charge is -2.16. The third-order valence-corrected chi connectivity index (χ3v) is 2.97. The summed E-state index contributed by atoms with van der Waals surface area (Å²) in [7, 11) is 0. The molecule has 0 aromatic heterocycles. The van der Waals surface area contributed by atoms with Crippen LogP contribution in [0.4, 0.5) is 4.39 Å². The van der Waals surface area contributed by atoms with Crippen LogP contribution in [0.5, 0.6) is 0 Å². The van der Waals surface area contributed by atoms with Gasteiger partial charge in [-0.3, -0.25) is 4.79 Å². The van der Waals surface area contributed by atoms with Crippen LogP contribution < -0.4 is 0 Å². The highest BCUT2D eigenvalue weighted by Crippen LogP contribution is 2.21. The molecule has 1 heterocycles. The van der Waals surface area contributed by atoms with Gasteiger partial charge in [-0.1, -0.05) is 19.1 Å². The number of nitrogens with zero attached hydrogens (tertiary/aromatic N) is 2. The number of amides is 1. The van der Waals surface area contributed by atoms with Crippen molar-refractivity contribution in [1.82, 2.24) is 4.90 Å². The lowest BCUT2D eigenvalue weighted by Crippen LogP contribution is -2.25. The lowest BCUT2D eigenvalue weighted by atomic mass is 10.1. The van der Waals surface area contributed by atoms with Crippen LogP contribution >= 0.6 is 0 Å². The maximum atomic E-state index is 13.8. The molecule has 88 valence electrons. The van der Waals surface area contributed by atoms with Crippen molar-refractivity contribution < 1.29 is 9.18 Å². The number of carbonyl (C=O) groups is 1. The Bertz CT molecular complexity index is 493. The van der Waals surface area contributed by atoms with Crippen molar-refractivity contribution in [2.45, 2.75) is 19.9 Å². The average Bonchev–Trinajstić information content (AvgIpc) is 2.60. The summed E-state index contributed by atoms with van der Waals surface area (Å²) in [4.78, 5) is 13.2. The largest absolute Gasteiger partial charge is 0.338 e. The molecule has 0 aliphatic carbocycles. The first-order valence-corrected chi connectivity index (χ1v) is 5.57. The molecule has 1 aromatic carbocycles. The standard InChI is InChI=1S/C13H13FN2O/c1-9-5-12(17)16(7-9)8-11-4-2-3-10(6-15)13(11)14/h2-4,9H,5,7-8H2,1H3. The van der Waals surface area contributed by atoms with Crippen LogP contribution in [0.1, 0.15) is 24.5 Å². The number of hydrogen-bond acceptors (Lipinski definition) is 2. The molecule has 17 heavy (non-hydrogen) atoms. The number of likely N-dealkylation sites (tertiary alicyclic amines) is 1. The number of nitriles is 1. The van der Waals surface area contributed by atoms with E-state index in [0.29, 0.717) is 24.4 Å². The molecule has 1 unspecified atom stereocenters. The van der Waals surface area contributed by atoms with Crippen molar-refractivity contribution in [1.29, 1.82) is 5.26 Å². The second-order valence-corrected chi connectivity index (χ2v) is 4.47. The number of hydrogen-bond donors (Lipinski definition) is 0. The van der Waals surface area contributed by atoms with Crippen molar-refractivity contribution in [3.8, 4) is 6.07 Å². The molecule has 1 aliphatic rings. The van der Waals surface area contributed by atoms with E-state index in [-0.39, 0.29) is 18.0 Å². The zero-order valence-corrected chi connectivity index (χ0v) is 9.61. The molecular weight excluding hydrogens is 219 g/mol. The second kappa shape index (κ2) is 4.54. The number of carbonyl (C=O) groups excluding carboxylic acids is 1. The van der Waals surface area contributed by atoms with Crippen molar-refractivity contribution in [2.24, 2.45) is 5.92 Å². The topological polar surface area (TPSA) is 44.1 Å². The first-order chi connectivity index (χ1) is 8.11. The summed E-state index contributed by atoms with van der Waals surface area (Å²) >= 11 is 0. The summed E-state index contributed by atoms with van der Waals surface area (Å²) in [5.41, 5.74) is 0.439. The van der Waals surface area contributed by atoms with E-state index < -0.39 is 5.82 Å². The van der Waals surface area contributed by atoms with Gasteiger partial charge in [0.1, 0.15) is 11.9 Å². The van der Waals surface area contributed by atoms with Crippen LogP contribution in [-0.4, -0.2) is 17.4 Å². The Morgan fingerprint density at radius 2 is 2.35 bits per heavy atom. The molecule has 0 spiro atoms. The normalized spacial score (nSPS) is 19.5. The highest BCUT2D eigenvalue weighted by atomic mass is 19.1. The summed E-state index contributed by atoms with van der Waals surface area (Å²) in [5.74, 6) is -0.133. The fraction of sp³-hybridized carbons (Fsp3) is 0.385. The van der Waals surface area contributed by atoms with E-state index in [0.717, 1.165) is 0 Å². The minimum absolute atomic E-state index is 0.0298. The fourth-order valence-corrected chi connectivity index (χ4v) is 2.12. The van der Waals surface area contributed by atoms with Crippen molar-refractivity contribution in [3.63, 3.8) is 0 Å². The summed E-state index contributed by atoms with van der Waals surface area (Å²) in [6.45, 7) is 2.92. The summed E-state index contributed by atoms with van der Waals surface area (Å²) in [6.07, 6.45) is 0.527. The van der Waals surface area contributed by atoms with Crippen molar-refractivity contribution in [3.05, 3.63) is 35.1 Å². The van der Waals surface area contributed by atoms with Crippen LogP contribution in [0, 0.1) is 23.1 Å². The van der Waals surface area contributed by atoms with E-state index in [1.165, 1.54) is 6.07 Å². The summed E-state index contributed by atoms with van der Waals surface area (Å²) in [6, 6.07) is 6.50. The first kappa shape index (κ1) is 11.6. The van der Waals surface area contributed by atoms with Gasteiger partial charge in [0.25, 0.3) is 0 Å². The van der Waals surface area contributed by atoms with Gasteiger partial charge in [-0.15, -0.1) is 0 Å². The van der Waals surface area contributed by atoms with Crippen LogP contribution in [0.15, 0.2) is 18.2 Å². The maximum Gasteiger partial charge on any atom is 0.223 e. The zero-order valence-electron chi connectivity index (χ0n) is 9.61. The minimum atomic E-state index is -0.512. The van der Waals surface area contributed by atoms with Gasteiger partial charge < -0.3 is 4.90 Å². The Balaban J connectivity index is 2.20. The van der Waals surface area contributed by atoms with E-state index in [2.05, 4.69) is 0 Å². The van der Waals surface area contributed by atoms with E-state index in [1.807, 2.05) is 6.92 Å². The molecule has 0 saturated carbocycles. The number of rotatable bonds is 2. The fourth-order valence-electron chi connectivity index (χ4n) is 2.12. The van der Waals surface area contributed by atoms with E-state index in [1.54, 1.807) is 23.1 Å². The molecule has 1 amide bonds. The molecule has 1 saturated heterocycles. The summed E-state index contributed by atoms with van der Waals surface area (Å²) < 4.78 is 13.8. The SMILES string of the molecule is CC1CC(=O)N(Cc2cccc(C#N)c2F)C1. The van der Waals surface area contributed by atoms with Gasteiger partial charge in [-0.05, 0) is 12.0 Å². The highest BCUT2D eigenvalue weighted by molar-refractivity contribution is 5.78. The van der Waals surface area contributed by atoms with Gasteiger partial charge in [0.2, 0.25) is 5.91 Å². The average molecular weight is 232 g/mol. The maximum absolute atomic E-state index is 13.8. The molecule has 1 fully saturated rings. The van der Waals surface area contributed by atoms with Crippen molar-refractivity contribution >= 4 is 5.91 Å². The predicted molar refractivity (Wildman–Crippen MR) is 60.3 cm³/mol. The van der Waals surface area contributed by atoms with Gasteiger partial charge in [-0.2, -0.15) is 5.26 Å². The van der Waals surface area contributed by atoms with Crippen molar-refractivity contribution in [2.75, 3.05) is 6.54 Å². The van der Waals surface area contributed by atoms with Crippen LogP contribution in [0.3, 0.4) is 0 Å². The molecule has 0 N–H and O–H groups in total. The van der Waals surface area contributed by atoms with E-state index in [4.69, 9.17) is 5.26 Å². The highest BCUT2D eigenvalue weighted by Gasteiger charge is 2.27. The number of halogens is 1.